The van der Waals surface area contributed by atoms with Gasteiger partial charge in [0.25, 0.3) is 11.6 Å². The predicted molar refractivity (Wildman–Crippen MR) is 110 cm³/mol. The first-order chi connectivity index (χ1) is 14.1. The number of hydrogen-bond acceptors (Lipinski definition) is 6. The van der Waals surface area contributed by atoms with E-state index in [0.717, 1.165) is 16.0 Å². The SMILES string of the molecule is Cc1cccc(C)c1NC(=O)CN(C)C(=O)COC(=O)c1cccc([N+](=O)[O-])c1C. The van der Waals surface area contributed by atoms with Crippen molar-refractivity contribution in [2.24, 2.45) is 0 Å². The van der Waals surface area contributed by atoms with Gasteiger partial charge in [0.15, 0.2) is 6.61 Å². The van der Waals surface area contributed by atoms with Crippen molar-refractivity contribution in [1.29, 1.82) is 0 Å². The molecule has 0 atom stereocenters. The van der Waals surface area contributed by atoms with Gasteiger partial charge in [-0.25, -0.2) is 4.79 Å². The van der Waals surface area contributed by atoms with Crippen molar-refractivity contribution in [3.05, 3.63) is 68.8 Å². The summed E-state index contributed by atoms with van der Waals surface area (Å²) in [6, 6.07) is 9.65. The molecule has 0 radical (unpaired) electrons. The van der Waals surface area contributed by atoms with E-state index in [1.54, 1.807) is 0 Å². The molecule has 2 aromatic rings. The lowest BCUT2D eigenvalue weighted by Crippen LogP contribution is -2.37. The molecule has 0 heterocycles. The van der Waals surface area contributed by atoms with Gasteiger partial charge in [0.2, 0.25) is 5.91 Å². The lowest BCUT2D eigenvalue weighted by Gasteiger charge is -2.18. The number of nitrogens with one attached hydrogen (secondary N) is 1. The Labute approximate surface area is 173 Å². The van der Waals surface area contributed by atoms with Crippen LogP contribution in [0.25, 0.3) is 0 Å². The van der Waals surface area contributed by atoms with Crippen LogP contribution < -0.4 is 5.32 Å². The van der Waals surface area contributed by atoms with Gasteiger partial charge in [-0.2, -0.15) is 0 Å². The molecule has 0 saturated carbocycles. The number of nitro groups is 1. The van der Waals surface area contributed by atoms with E-state index >= 15 is 0 Å². The maximum Gasteiger partial charge on any atom is 0.339 e. The molecule has 2 rings (SSSR count). The molecule has 2 aromatic carbocycles. The Morgan fingerprint density at radius 3 is 2.27 bits per heavy atom. The zero-order valence-electron chi connectivity index (χ0n) is 17.2. The molecule has 9 heteroatoms. The third-order valence-corrected chi connectivity index (χ3v) is 4.60. The van der Waals surface area contributed by atoms with E-state index < -0.39 is 23.4 Å². The number of ether oxygens (including phenoxy) is 1. The summed E-state index contributed by atoms with van der Waals surface area (Å²) in [5, 5.41) is 13.8. The third kappa shape index (κ3) is 5.40. The average Bonchev–Trinajstić information content (AvgIpc) is 2.68. The molecular weight excluding hydrogens is 390 g/mol. The second-order valence-corrected chi connectivity index (χ2v) is 6.85. The van der Waals surface area contributed by atoms with Crippen LogP contribution in [0.1, 0.15) is 27.0 Å². The van der Waals surface area contributed by atoms with Crippen LogP contribution in [0.2, 0.25) is 0 Å². The average molecular weight is 413 g/mol. The highest BCUT2D eigenvalue weighted by Gasteiger charge is 2.21. The van der Waals surface area contributed by atoms with Crippen LogP contribution in [0.3, 0.4) is 0 Å². The third-order valence-electron chi connectivity index (χ3n) is 4.60. The number of benzene rings is 2. The minimum Gasteiger partial charge on any atom is -0.452 e. The molecule has 0 bridgehead atoms. The van der Waals surface area contributed by atoms with Crippen molar-refractivity contribution in [1.82, 2.24) is 4.90 Å². The molecule has 2 amide bonds. The van der Waals surface area contributed by atoms with Crippen LogP contribution >= 0.6 is 0 Å². The molecule has 0 saturated heterocycles. The standard InChI is InChI=1S/C21H23N3O6/c1-13-7-5-8-14(2)20(13)22-18(25)11-23(4)19(26)12-30-21(27)16-9-6-10-17(15(16)3)24(28)29/h5-10H,11-12H2,1-4H3,(H,22,25). The van der Waals surface area contributed by atoms with Gasteiger partial charge in [0.1, 0.15) is 0 Å². The Morgan fingerprint density at radius 2 is 1.67 bits per heavy atom. The Hall–Kier alpha value is -3.75. The summed E-state index contributed by atoms with van der Waals surface area (Å²) in [5.41, 5.74) is 2.44. The summed E-state index contributed by atoms with van der Waals surface area (Å²) in [7, 11) is 1.42. The monoisotopic (exact) mass is 413 g/mol. The lowest BCUT2D eigenvalue weighted by atomic mass is 10.1. The molecule has 0 aromatic heterocycles. The van der Waals surface area contributed by atoms with E-state index in [-0.39, 0.29) is 29.3 Å². The molecule has 0 unspecified atom stereocenters. The van der Waals surface area contributed by atoms with Crippen LogP contribution in [0.15, 0.2) is 36.4 Å². The molecule has 1 N–H and O–H groups in total. The summed E-state index contributed by atoms with van der Waals surface area (Å²) < 4.78 is 4.98. The number of carbonyl (C=O) groups is 3. The topological polar surface area (TPSA) is 119 Å². The smallest absolute Gasteiger partial charge is 0.339 e. The Kier molecular flexibility index (Phi) is 7.24. The number of nitrogens with zero attached hydrogens (tertiary/aromatic N) is 2. The fourth-order valence-electron chi connectivity index (χ4n) is 2.85. The van der Waals surface area contributed by atoms with E-state index in [9.17, 15) is 24.5 Å². The van der Waals surface area contributed by atoms with Gasteiger partial charge in [-0.1, -0.05) is 24.3 Å². The summed E-state index contributed by atoms with van der Waals surface area (Å²) in [6.45, 7) is 4.36. The Morgan fingerprint density at radius 1 is 1.07 bits per heavy atom. The van der Waals surface area contributed by atoms with Gasteiger partial charge in [-0.3, -0.25) is 19.7 Å². The van der Waals surface area contributed by atoms with Gasteiger partial charge in [0.05, 0.1) is 17.0 Å². The number of aryl methyl sites for hydroxylation is 2. The van der Waals surface area contributed by atoms with Crippen LogP contribution in [0, 0.1) is 30.9 Å². The van der Waals surface area contributed by atoms with Gasteiger partial charge in [-0.05, 0) is 38.0 Å². The normalized spacial score (nSPS) is 10.3. The van der Waals surface area contributed by atoms with Crippen molar-refractivity contribution in [2.75, 3.05) is 25.5 Å². The zero-order chi connectivity index (χ0) is 22.4. The lowest BCUT2D eigenvalue weighted by molar-refractivity contribution is -0.385. The first-order valence-corrected chi connectivity index (χ1v) is 9.13. The maximum atomic E-state index is 12.3. The van der Waals surface area contributed by atoms with E-state index in [4.69, 9.17) is 4.74 Å². The largest absolute Gasteiger partial charge is 0.452 e. The van der Waals surface area contributed by atoms with E-state index in [0.29, 0.717) is 5.69 Å². The summed E-state index contributed by atoms with van der Waals surface area (Å²) in [6.07, 6.45) is 0. The molecule has 158 valence electrons. The fraction of sp³-hybridized carbons (Fsp3) is 0.286. The molecule has 0 fully saturated rings. The maximum absolute atomic E-state index is 12.3. The highest BCUT2D eigenvalue weighted by Crippen LogP contribution is 2.22. The first-order valence-electron chi connectivity index (χ1n) is 9.13. The van der Waals surface area contributed by atoms with Gasteiger partial charge < -0.3 is 15.0 Å². The highest BCUT2D eigenvalue weighted by atomic mass is 16.6. The fourth-order valence-corrected chi connectivity index (χ4v) is 2.85. The summed E-state index contributed by atoms with van der Waals surface area (Å²) in [4.78, 5) is 48.2. The number of anilines is 1. The Balaban J connectivity index is 1.93. The quantitative estimate of drug-likeness (QED) is 0.423. The van der Waals surface area contributed by atoms with E-state index in [2.05, 4.69) is 5.32 Å². The number of carbonyl (C=O) groups excluding carboxylic acids is 3. The number of likely N-dealkylation sites (N-methyl/N-ethyl adjacent to an activating group) is 1. The number of rotatable bonds is 7. The molecule has 0 aliphatic rings. The number of esters is 1. The molecule has 0 aliphatic carbocycles. The number of nitro benzene ring substituents is 1. The van der Waals surface area contributed by atoms with Crippen molar-refractivity contribution < 1.29 is 24.0 Å². The van der Waals surface area contributed by atoms with Gasteiger partial charge in [0, 0.05) is 24.4 Å². The second-order valence-electron chi connectivity index (χ2n) is 6.85. The van der Waals surface area contributed by atoms with Crippen LogP contribution in [0.4, 0.5) is 11.4 Å². The van der Waals surface area contributed by atoms with Crippen molar-refractivity contribution >= 4 is 29.2 Å². The van der Waals surface area contributed by atoms with Crippen molar-refractivity contribution in [2.45, 2.75) is 20.8 Å². The summed E-state index contributed by atoms with van der Waals surface area (Å²) >= 11 is 0. The minimum atomic E-state index is -0.849. The molecule has 0 aliphatic heterocycles. The van der Waals surface area contributed by atoms with Gasteiger partial charge in [-0.15, -0.1) is 0 Å². The highest BCUT2D eigenvalue weighted by molar-refractivity contribution is 5.97. The van der Waals surface area contributed by atoms with Crippen molar-refractivity contribution in [3.8, 4) is 0 Å². The predicted octanol–water partition coefficient (Wildman–Crippen LogP) is 2.77. The Bertz CT molecular complexity index is 982. The molecule has 30 heavy (non-hydrogen) atoms. The zero-order valence-corrected chi connectivity index (χ0v) is 17.2. The van der Waals surface area contributed by atoms with Gasteiger partial charge >= 0.3 is 5.97 Å². The van der Waals surface area contributed by atoms with Crippen LogP contribution in [0.5, 0.6) is 0 Å². The molecule has 0 spiro atoms. The number of hydrogen-bond donors (Lipinski definition) is 1. The first kappa shape index (κ1) is 22.5. The van der Waals surface area contributed by atoms with Crippen molar-refractivity contribution in [3.63, 3.8) is 0 Å². The van der Waals surface area contributed by atoms with Crippen LogP contribution in [-0.2, 0) is 14.3 Å². The van der Waals surface area contributed by atoms with E-state index in [1.807, 2.05) is 32.0 Å². The summed E-state index contributed by atoms with van der Waals surface area (Å²) in [5.74, 6) is -1.81. The minimum absolute atomic E-state index is 0.00687. The van der Waals surface area contributed by atoms with Crippen LogP contribution in [-0.4, -0.2) is 47.8 Å². The number of para-hydroxylation sites is 1. The second kappa shape index (κ2) is 9.64. The van der Waals surface area contributed by atoms with E-state index in [1.165, 1.54) is 32.2 Å². The molecular formula is C21H23N3O6. The number of amides is 2. The molecule has 9 nitrogen and oxygen atoms in total.